The molecule has 0 bridgehead atoms. The van der Waals surface area contributed by atoms with Crippen LogP contribution in [-0.4, -0.2) is 51.4 Å². The molecule has 0 atom stereocenters. The van der Waals surface area contributed by atoms with E-state index in [9.17, 15) is 26.4 Å². The zero-order valence-corrected chi connectivity index (χ0v) is 20.3. The fraction of sp³-hybridized carbons (Fsp3) is 0.409. The number of piperazine rings is 1. The molecule has 0 aromatic heterocycles. The smallest absolute Gasteiger partial charge is 0.369 e. The van der Waals surface area contributed by atoms with E-state index in [1.54, 1.807) is 17.9 Å². The molecule has 1 fully saturated rings. The number of carbonyl (C=O) groups is 1. The van der Waals surface area contributed by atoms with Gasteiger partial charge < -0.3 is 9.80 Å². The molecule has 0 aliphatic carbocycles. The Hall–Kier alpha value is -2.11. The minimum atomic E-state index is -4.44. The summed E-state index contributed by atoms with van der Waals surface area (Å²) in [6.07, 6.45) is -3.60. The van der Waals surface area contributed by atoms with Crippen LogP contribution in [0, 0.1) is 0 Å². The summed E-state index contributed by atoms with van der Waals surface area (Å²) < 4.78 is 68.3. The van der Waals surface area contributed by atoms with E-state index in [4.69, 9.17) is 0 Å². The van der Waals surface area contributed by atoms with Crippen LogP contribution in [0.2, 0.25) is 0 Å². The number of hydrogen-bond donors (Lipinski definition) is 0. The third kappa shape index (κ3) is 4.63. The molecule has 33 heavy (non-hydrogen) atoms. The summed E-state index contributed by atoms with van der Waals surface area (Å²) in [5, 5.41) is 0. The molecule has 2 aliphatic heterocycles. The molecule has 0 N–H and O–H groups in total. The van der Waals surface area contributed by atoms with E-state index >= 15 is 0 Å². The van der Waals surface area contributed by atoms with Crippen LogP contribution in [0.3, 0.4) is 0 Å². The Balaban J connectivity index is 1.58. The molecule has 2 aliphatic rings. The highest BCUT2D eigenvalue weighted by Gasteiger charge is 2.37. The topological polar surface area (TPSA) is 60.9 Å². The van der Waals surface area contributed by atoms with E-state index in [0.717, 1.165) is 17.7 Å². The highest BCUT2D eigenvalue weighted by molar-refractivity contribution is 9.10. The highest BCUT2D eigenvalue weighted by atomic mass is 79.9. The van der Waals surface area contributed by atoms with Gasteiger partial charge in [0.2, 0.25) is 15.9 Å². The quantitative estimate of drug-likeness (QED) is 0.575. The number of carbonyl (C=O) groups excluding carboxylic acids is 1. The third-order valence-electron chi connectivity index (χ3n) is 5.99. The molecule has 178 valence electrons. The van der Waals surface area contributed by atoms with Crippen LogP contribution in [0.4, 0.5) is 24.5 Å². The number of fused-ring (bicyclic) bond motifs is 1. The summed E-state index contributed by atoms with van der Waals surface area (Å²) >= 11 is 3.38. The van der Waals surface area contributed by atoms with E-state index < -0.39 is 21.8 Å². The first-order valence-electron chi connectivity index (χ1n) is 10.6. The molecule has 0 spiro atoms. The fourth-order valence-electron chi connectivity index (χ4n) is 4.31. The second-order valence-electron chi connectivity index (χ2n) is 8.00. The summed E-state index contributed by atoms with van der Waals surface area (Å²) in [7, 11) is -3.92. The maximum Gasteiger partial charge on any atom is 0.416 e. The average molecular weight is 546 g/mol. The van der Waals surface area contributed by atoms with Crippen LogP contribution >= 0.6 is 15.9 Å². The highest BCUT2D eigenvalue weighted by Crippen LogP contribution is 2.39. The second-order valence-corrected chi connectivity index (χ2v) is 10.8. The minimum Gasteiger partial charge on any atom is -0.369 e. The Morgan fingerprint density at radius 1 is 1.06 bits per heavy atom. The summed E-state index contributed by atoms with van der Waals surface area (Å²) in [4.78, 5) is 15.8. The van der Waals surface area contributed by atoms with Crippen molar-refractivity contribution in [1.29, 1.82) is 0 Å². The van der Waals surface area contributed by atoms with Gasteiger partial charge in [-0.2, -0.15) is 17.5 Å². The fourth-order valence-corrected chi connectivity index (χ4v) is 6.65. The Bertz CT molecular complexity index is 1180. The summed E-state index contributed by atoms with van der Waals surface area (Å²) in [6, 6.07) is 8.40. The van der Waals surface area contributed by atoms with Crippen molar-refractivity contribution in [3.63, 3.8) is 0 Å². The van der Waals surface area contributed by atoms with Crippen LogP contribution in [0.25, 0.3) is 0 Å². The molecule has 11 heteroatoms. The molecule has 0 saturated carbocycles. The number of amides is 1. The van der Waals surface area contributed by atoms with Crippen LogP contribution in [-0.2, 0) is 27.4 Å². The SMILES string of the molecule is CCC(=O)N1CCc2cc(Br)cc(S(=O)(=O)N3CCN(c4cccc(C(F)(F)F)c4)CC3)c21. The second kappa shape index (κ2) is 8.92. The van der Waals surface area contributed by atoms with Crippen molar-refractivity contribution < 1.29 is 26.4 Å². The zero-order chi connectivity index (χ0) is 24.0. The van der Waals surface area contributed by atoms with Crippen molar-refractivity contribution in [2.45, 2.75) is 30.8 Å². The van der Waals surface area contributed by atoms with Gasteiger partial charge >= 0.3 is 6.18 Å². The Kier molecular flexibility index (Phi) is 6.49. The maximum absolute atomic E-state index is 13.6. The summed E-state index contributed by atoms with van der Waals surface area (Å²) in [6.45, 7) is 2.94. The monoisotopic (exact) mass is 545 g/mol. The molecule has 1 amide bonds. The first-order valence-corrected chi connectivity index (χ1v) is 12.8. The predicted octanol–water partition coefficient (Wildman–Crippen LogP) is 4.28. The molecule has 2 aromatic rings. The number of benzene rings is 2. The van der Waals surface area contributed by atoms with Crippen molar-refractivity contribution in [3.8, 4) is 0 Å². The largest absolute Gasteiger partial charge is 0.416 e. The zero-order valence-electron chi connectivity index (χ0n) is 17.9. The summed E-state index contributed by atoms with van der Waals surface area (Å²) in [5.74, 6) is -0.137. The van der Waals surface area contributed by atoms with Gasteiger partial charge in [-0.25, -0.2) is 8.42 Å². The molecule has 2 heterocycles. The maximum atomic E-state index is 13.6. The predicted molar refractivity (Wildman–Crippen MR) is 123 cm³/mol. The van der Waals surface area contributed by atoms with Crippen LogP contribution in [0.15, 0.2) is 45.8 Å². The third-order valence-corrected chi connectivity index (χ3v) is 8.36. The first-order chi connectivity index (χ1) is 15.5. The molecule has 0 radical (unpaired) electrons. The van der Waals surface area contributed by atoms with Gasteiger partial charge in [-0.15, -0.1) is 0 Å². The molecular weight excluding hydrogens is 523 g/mol. The van der Waals surface area contributed by atoms with Crippen molar-refractivity contribution in [1.82, 2.24) is 4.31 Å². The van der Waals surface area contributed by atoms with Crippen molar-refractivity contribution in [2.75, 3.05) is 42.5 Å². The number of halogens is 4. The number of nitrogens with zero attached hydrogens (tertiary/aromatic N) is 3. The van der Waals surface area contributed by atoms with Crippen molar-refractivity contribution in [2.24, 2.45) is 0 Å². The van der Waals surface area contributed by atoms with Crippen LogP contribution in [0.1, 0.15) is 24.5 Å². The van der Waals surface area contributed by atoms with Gasteiger partial charge in [-0.05, 0) is 42.3 Å². The van der Waals surface area contributed by atoms with Gasteiger partial charge in [0.05, 0.1) is 11.3 Å². The number of rotatable bonds is 4. The Morgan fingerprint density at radius 2 is 1.76 bits per heavy atom. The Labute approximate surface area is 199 Å². The standard InChI is InChI=1S/C22H23BrF3N3O3S/c1-2-20(30)29-7-6-15-12-17(23)14-19(21(15)29)33(31,32)28-10-8-27(9-11-28)18-5-3-4-16(13-18)22(24,25)26/h3-5,12-14H,2,6-11H2,1H3. The van der Waals surface area contributed by atoms with Crippen LogP contribution < -0.4 is 9.80 Å². The van der Waals surface area contributed by atoms with Gasteiger partial charge in [0, 0.05) is 49.3 Å². The first kappa shape index (κ1) is 24.0. The molecule has 4 rings (SSSR count). The molecule has 6 nitrogen and oxygen atoms in total. The van der Waals surface area contributed by atoms with Crippen molar-refractivity contribution >= 4 is 43.2 Å². The molecule has 2 aromatic carbocycles. The molecular formula is C22H23BrF3N3O3S. The normalized spacial score (nSPS) is 17.4. The lowest BCUT2D eigenvalue weighted by Gasteiger charge is -2.36. The van der Waals surface area contributed by atoms with Gasteiger partial charge in [-0.1, -0.05) is 28.9 Å². The van der Waals surface area contributed by atoms with Gasteiger partial charge in [0.25, 0.3) is 0 Å². The average Bonchev–Trinajstić information content (AvgIpc) is 3.21. The van der Waals surface area contributed by atoms with Gasteiger partial charge in [0.15, 0.2) is 0 Å². The molecule has 1 saturated heterocycles. The minimum absolute atomic E-state index is 0.0821. The summed E-state index contributed by atoms with van der Waals surface area (Å²) in [5.41, 5.74) is 0.906. The number of anilines is 2. The van der Waals surface area contributed by atoms with Crippen LogP contribution in [0.5, 0.6) is 0 Å². The number of sulfonamides is 1. The van der Waals surface area contributed by atoms with E-state index in [-0.39, 0.29) is 43.4 Å². The lowest BCUT2D eigenvalue weighted by molar-refractivity contribution is -0.137. The number of hydrogen-bond acceptors (Lipinski definition) is 4. The lowest BCUT2D eigenvalue weighted by Crippen LogP contribution is -2.49. The van der Waals surface area contributed by atoms with E-state index in [0.29, 0.717) is 28.8 Å². The van der Waals surface area contributed by atoms with Gasteiger partial charge in [0.1, 0.15) is 4.90 Å². The van der Waals surface area contributed by atoms with E-state index in [1.807, 2.05) is 6.07 Å². The molecule has 0 unspecified atom stereocenters. The van der Waals surface area contributed by atoms with Crippen molar-refractivity contribution in [3.05, 3.63) is 52.0 Å². The Morgan fingerprint density at radius 3 is 2.39 bits per heavy atom. The van der Waals surface area contributed by atoms with E-state index in [2.05, 4.69) is 15.9 Å². The number of alkyl halides is 3. The van der Waals surface area contributed by atoms with E-state index in [1.165, 1.54) is 21.3 Å². The van der Waals surface area contributed by atoms with Gasteiger partial charge in [-0.3, -0.25) is 4.79 Å². The lowest BCUT2D eigenvalue weighted by atomic mass is 10.1.